The molecule has 0 aliphatic heterocycles. The van der Waals surface area contributed by atoms with Crippen molar-refractivity contribution in [2.24, 2.45) is 0 Å². The third-order valence-electron chi connectivity index (χ3n) is 2.62. The number of pyridine rings is 1. The van der Waals surface area contributed by atoms with E-state index in [1.165, 1.54) is 24.3 Å². The molecule has 0 bridgehead atoms. The summed E-state index contributed by atoms with van der Waals surface area (Å²) in [5.41, 5.74) is 0.786. The number of benzene rings is 1. The van der Waals surface area contributed by atoms with Gasteiger partial charge in [0, 0.05) is 6.20 Å². The summed E-state index contributed by atoms with van der Waals surface area (Å²) in [4.78, 5) is 26.1. The highest BCUT2D eigenvalue weighted by Crippen LogP contribution is 2.16. The Balaban J connectivity index is 2.17. The number of aryl methyl sites for hydroxylation is 1. The number of aromatic nitrogens is 1. The monoisotopic (exact) mass is 274 g/mol. The van der Waals surface area contributed by atoms with Crippen LogP contribution in [0.5, 0.6) is 0 Å². The van der Waals surface area contributed by atoms with Crippen molar-refractivity contribution in [1.29, 1.82) is 0 Å². The third-order valence-corrected chi connectivity index (χ3v) is 2.62. The lowest BCUT2D eigenvalue weighted by atomic mass is 10.2. The van der Waals surface area contributed by atoms with E-state index in [4.69, 9.17) is 5.11 Å². The molecule has 5 nitrogen and oxygen atoms in total. The number of amides is 1. The van der Waals surface area contributed by atoms with Crippen molar-refractivity contribution in [1.82, 2.24) is 4.98 Å². The highest BCUT2D eigenvalue weighted by Gasteiger charge is 2.11. The summed E-state index contributed by atoms with van der Waals surface area (Å²) >= 11 is 0. The van der Waals surface area contributed by atoms with Gasteiger partial charge in [0.15, 0.2) is 0 Å². The van der Waals surface area contributed by atoms with Gasteiger partial charge >= 0.3 is 5.97 Å². The maximum atomic E-state index is 13.6. The highest BCUT2D eigenvalue weighted by molar-refractivity contribution is 6.04. The second-order valence-corrected chi connectivity index (χ2v) is 4.17. The Labute approximate surface area is 114 Å². The van der Waals surface area contributed by atoms with Gasteiger partial charge in [-0.25, -0.2) is 14.2 Å². The molecular weight excluding hydrogens is 263 g/mol. The molecule has 0 spiro atoms. The quantitative estimate of drug-likeness (QED) is 0.901. The number of aromatic carboxylic acids is 1. The summed E-state index contributed by atoms with van der Waals surface area (Å²) in [5, 5.41) is 11.1. The third kappa shape index (κ3) is 2.97. The number of nitrogens with one attached hydrogen (secondary N) is 1. The van der Waals surface area contributed by atoms with Crippen LogP contribution < -0.4 is 5.32 Å². The summed E-state index contributed by atoms with van der Waals surface area (Å²) in [6, 6.07) is 6.97. The van der Waals surface area contributed by atoms with Gasteiger partial charge in [0.1, 0.15) is 11.5 Å². The van der Waals surface area contributed by atoms with Gasteiger partial charge in [0.2, 0.25) is 0 Å². The molecule has 1 heterocycles. The van der Waals surface area contributed by atoms with Crippen LogP contribution >= 0.6 is 0 Å². The normalized spacial score (nSPS) is 10.1. The minimum atomic E-state index is -1.18. The molecule has 0 aliphatic rings. The van der Waals surface area contributed by atoms with Gasteiger partial charge in [0.25, 0.3) is 5.91 Å². The molecule has 0 unspecified atom stereocenters. The first kappa shape index (κ1) is 13.7. The molecule has 2 N–H and O–H groups in total. The molecule has 1 amide bonds. The maximum Gasteiger partial charge on any atom is 0.354 e. The molecule has 2 rings (SSSR count). The van der Waals surface area contributed by atoms with Crippen molar-refractivity contribution in [2.75, 3.05) is 5.32 Å². The van der Waals surface area contributed by atoms with Gasteiger partial charge in [-0.3, -0.25) is 4.79 Å². The highest BCUT2D eigenvalue weighted by atomic mass is 19.1. The van der Waals surface area contributed by atoms with Gasteiger partial charge in [0.05, 0.1) is 11.3 Å². The van der Waals surface area contributed by atoms with E-state index in [2.05, 4.69) is 10.3 Å². The zero-order valence-corrected chi connectivity index (χ0v) is 10.6. The molecule has 0 saturated carbocycles. The van der Waals surface area contributed by atoms with Crippen LogP contribution in [-0.4, -0.2) is 22.0 Å². The molecule has 0 saturated heterocycles. The molecular formula is C14H11FN2O3. The molecule has 6 heteroatoms. The number of carboxylic acid groups (broad SMARTS) is 1. The van der Waals surface area contributed by atoms with E-state index in [0.717, 1.165) is 11.8 Å². The van der Waals surface area contributed by atoms with E-state index < -0.39 is 17.7 Å². The van der Waals surface area contributed by atoms with E-state index in [1.54, 1.807) is 13.0 Å². The lowest BCUT2D eigenvalue weighted by Crippen LogP contribution is -2.14. The van der Waals surface area contributed by atoms with Crippen LogP contribution in [0.4, 0.5) is 10.1 Å². The Morgan fingerprint density at radius 3 is 2.55 bits per heavy atom. The predicted molar refractivity (Wildman–Crippen MR) is 70.3 cm³/mol. The molecule has 0 fully saturated rings. The van der Waals surface area contributed by atoms with Crippen LogP contribution in [-0.2, 0) is 0 Å². The SMILES string of the molecule is Cc1ccc(NC(=O)c2ccc(C(=O)O)nc2)c(F)c1. The lowest BCUT2D eigenvalue weighted by molar-refractivity contribution is 0.0690. The van der Waals surface area contributed by atoms with Crippen molar-refractivity contribution in [3.05, 3.63) is 59.2 Å². The Morgan fingerprint density at radius 2 is 2.00 bits per heavy atom. The summed E-state index contributed by atoms with van der Waals surface area (Å²) < 4.78 is 13.6. The standard InChI is InChI=1S/C14H11FN2O3/c1-8-2-4-11(10(15)6-8)17-13(18)9-3-5-12(14(19)20)16-7-9/h2-7H,1H3,(H,17,18)(H,19,20). The number of rotatable bonds is 3. The Bertz CT molecular complexity index is 669. The molecule has 102 valence electrons. The van der Waals surface area contributed by atoms with Gasteiger partial charge < -0.3 is 10.4 Å². The number of carbonyl (C=O) groups excluding carboxylic acids is 1. The second-order valence-electron chi connectivity index (χ2n) is 4.17. The predicted octanol–water partition coefficient (Wildman–Crippen LogP) is 2.48. The van der Waals surface area contributed by atoms with E-state index in [-0.39, 0.29) is 16.9 Å². The largest absolute Gasteiger partial charge is 0.477 e. The molecule has 0 radical (unpaired) electrons. The number of carbonyl (C=O) groups is 2. The van der Waals surface area contributed by atoms with E-state index in [9.17, 15) is 14.0 Å². The van der Waals surface area contributed by atoms with Gasteiger partial charge in [-0.1, -0.05) is 6.07 Å². The molecule has 2 aromatic rings. The average Bonchev–Trinajstić information content (AvgIpc) is 2.42. The number of nitrogens with zero attached hydrogens (tertiary/aromatic N) is 1. The summed E-state index contributed by atoms with van der Waals surface area (Å²) in [6.07, 6.45) is 1.13. The van der Waals surface area contributed by atoms with E-state index in [1.807, 2.05) is 0 Å². The summed E-state index contributed by atoms with van der Waals surface area (Å²) in [7, 11) is 0. The van der Waals surface area contributed by atoms with Crippen molar-refractivity contribution >= 4 is 17.6 Å². The number of carboxylic acids is 1. The zero-order chi connectivity index (χ0) is 14.7. The van der Waals surface area contributed by atoms with Crippen LogP contribution in [0, 0.1) is 12.7 Å². The van der Waals surface area contributed by atoms with Crippen LogP contribution in [0.25, 0.3) is 0 Å². The zero-order valence-electron chi connectivity index (χ0n) is 10.6. The number of hydrogen-bond acceptors (Lipinski definition) is 3. The fourth-order valence-electron chi connectivity index (χ4n) is 1.57. The smallest absolute Gasteiger partial charge is 0.354 e. The number of halogens is 1. The van der Waals surface area contributed by atoms with E-state index in [0.29, 0.717) is 0 Å². The van der Waals surface area contributed by atoms with Crippen molar-refractivity contribution in [3.63, 3.8) is 0 Å². The first-order chi connectivity index (χ1) is 9.47. The van der Waals surface area contributed by atoms with Crippen molar-refractivity contribution in [3.8, 4) is 0 Å². The van der Waals surface area contributed by atoms with Crippen molar-refractivity contribution in [2.45, 2.75) is 6.92 Å². The van der Waals surface area contributed by atoms with E-state index >= 15 is 0 Å². The second kappa shape index (κ2) is 5.48. The van der Waals surface area contributed by atoms with Crippen molar-refractivity contribution < 1.29 is 19.1 Å². The Kier molecular flexibility index (Phi) is 3.74. The van der Waals surface area contributed by atoms with Crippen LogP contribution in [0.15, 0.2) is 36.5 Å². The van der Waals surface area contributed by atoms with Crippen LogP contribution in [0.1, 0.15) is 26.4 Å². The minimum Gasteiger partial charge on any atom is -0.477 e. The lowest BCUT2D eigenvalue weighted by Gasteiger charge is -2.07. The van der Waals surface area contributed by atoms with Gasteiger partial charge in [-0.05, 0) is 36.8 Å². The first-order valence-corrected chi connectivity index (χ1v) is 5.74. The fraction of sp³-hybridized carbons (Fsp3) is 0.0714. The first-order valence-electron chi connectivity index (χ1n) is 5.74. The van der Waals surface area contributed by atoms with Crippen LogP contribution in [0.3, 0.4) is 0 Å². The molecule has 20 heavy (non-hydrogen) atoms. The Hall–Kier alpha value is -2.76. The molecule has 0 aliphatic carbocycles. The average molecular weight is 274 g/mol. The van der Waals surface area contributed by atoms with Gasteiger partial charge in [-0.15, -0.1) is 0 Å². The minimum absolute atomic E-state index is 0.0583. The van der Waals surface area contributed by atoms with Gasteiger partial charge in [-0.2, -0.15) is 0 Å². The molecule has 0 atom stereocenters. The maximum absolute atomic E-state index is 13.6. The molecule has 1 aromatic carbocycles. The number of anilines is 1. The number of hydrogen-bond donors (Lipinski definition) is 2. The summed E-state index contributed by atoms with van der Waals surface area (Å²) in [5.74, 6) is -2.27. The van der Waals surface area contributed by atoms with Crippen LogP contribution in [0.2, 0.25) is 0 Å². The summed E-state index contributed by atoms with van der Waals surface area (Å²) in [6.45, 7) is 1.74. The molecule has 1 aromatic heterocycles. The topological polar surface area (TPSA) is 79.3 Å². The fourth-order valence-corrected chi connectivity index (χ4v) is 1.57. The Morgan fingerprint density at radius 1 is 1.25 bits per heavy atom.